The van der Waals surface area contributed by atoms with Crippen molar-refractivity contribution in [1.82, 2.24) is 15.5 Å². The number of hydrogen-bond donors (Lipinski definition) is 4. The van der Waals surface area contributed by atoms with E-state index in [9.17, 15) is 29.4 Å². The van der Waals surface area contributed by atoms with Crippen LogP contribution >= 0.6 is 0 Å². The number of aliphatic imine (C=N–C) groups is 1. The largest absolute Gasteiger partial charge is 0.507 e. The first-order valence-electron chi connectivity index (χ1n) is 20.6. The molecule has 7 rings (SSSR count). The average Bonchev–Trinajstić information content (AvgIpc) is 3.70. The first-order chi connectivity index (χ1) is 27.3. The number of phenols is 1. The SMILES string of the molecule is CCC(=O)O[C@@H]1[C@@H](C)[C@@H](O)[C@@H](C)[C@H](C)[C@H](C)[C@@H](C)/C=C/O[C@@]2(C)Oc3c(C)c(O)c4c(c3C2=O)C2=NC3(CCN(C)CC3)NC2=C(NC(=O)/C(C)=C\C=C\[C@@H]1C)C4=O. The van der Waals surface area contributed by atoms with Crippen LogP contribution in [0, 0.1) is 42.4 Å². The summed E-state index contributed by atoms with van der Waals surface area (Å²) in [6.45, 7) is 19.9. The topological polar surface area (TPSA) is 176 Å². The van der Waals surface area contributed by atoms with E-state index in [-0.39, 0.29) is 98.4 Å². The Morgan fingerprint density at radius 1 is 0.948 bits per heavy atom. The van der Waals surface area contributed by atoms with Crippen molar-refractivity contribution in [2.24, 2.45) is 40.5 Å². The normalized spacial score (nSPS) is 34.9. The highest BCUT2D eigenvalue weighted by Crippen LogP contribution is 2.50. The Morgan fingerprint density at radius 3 is 2.28 bits per heavy atom. The molecule has 13 heteroatoms. The third-order valence-electron chi connectivity index (χ3n) is 13.5. The smallest absolute Gasteiger partial charge is 0.312 e. The number of aliphatic hydroxyl groups excluding tert-OH is 1. The molecular weight excluding hydrogens is 741 g/mol. The molecule has 5 bridgehead atoms. The van der Waals surface area contributed by atoms with Crippen LogP contribution in [0.2, 0.25) is 0 Å². The van der Waals surface area contributed by atoms with Gasteiger partial charge in [0, 0.05) is 67.8 Å². The Kier molecular flexibility index (Phi) is 11.9. The van der Waals surface area contributed by atoms with E-state index in [1.807, 2.05) is 46.9 Å². The van der Waals surface area contributed by atoms with Crippen LogP contribution < -0.4 is 15.4 Å². The van der Waals surface area contributed by atoms with E-state index < -0.39 is 47.0 Å². The number of aromatic hydroxyl groups is 1. The number of nitrogens with zero attached hydrogens (tertiary/aromatic N) is 2. The zero-order valence-electron chi connectivity index (χ0n) is 35.7. The summed E-state index contributed by atoms with van der Waals surface area (Å²) in [4.78, 5) is 63.1. The van der Waals surface area contributed by atoms with Gasteiger partial charge in [-0.05, 0) is 50.6 Å². The van der Waals surface area contributed by atoms with Crippen molar-refractivity contribution >= 4 is 29.2 Å². The molecule has 5 heterocycles. The van der Waals surface area contributed by atoms with Gasteiger partial charge >= 0.3 is 11.8 Å². The first kappa shape index (κ1) is 42.8. The van der Waals surface area contributed by atoms with E-state index in [4.69, 9.17) is 19.2 Å². The number of nitrogens with one attached hydrogen (secondary N) is 2. The van der Waals surface area contributed by atoms with E-state index in [2.05, 4.69) is 29.4 Å². The summed E-state index contributed by atoms with van der Waals surface area (Å²) in [5, 5.41) is 29.8. The molecule has 5 aliphatic heterocycles. The highest BCUT2D eigenvalue weighted by atomic mass is 16.7. The van der Waals surface area contributed by atoms with Crippen LogP contribution in [0.25, 0.3) is 0 Å². The molecule has 1 aromatic carbocycles. The number of ketones is 2. The zero-order chi connectivity index (χ0) is 42.6. The second kappa shape index (κ2) is 16.1. The van der Waals surface area contributed by atoms with Crippen molar-refractivity contribution in [1.29, 1.82) is 0 Å². The molecule has 9 atom stereocenters. The molecule has 1 saturated heterocycles. The fraction of sp³-hybridized carbons (Fsp3) is 0.578. The minimum absolute atomic E-state index is 0.0137. The van der Waals surface area contributed by atoms with Crippen LogP contribution in [0.5, 0.6) is 11.5 Å². The highest BCUT2D eigenvalue weighted by molar-refractivity contribution is 6.34. The predicted octanol–water partition coefficient (Wildman–Crippen LogP) is 5.88. The van der Waals surface area contributed by atoms with Crippen LogP contribution in [0.4, 0.5) is 0 Å². The van der Waals surface area contributed by atoms with Crippen LogP contribution in [0.15, 0.2) is 52.5 Å². The van der Waals surface area contributed by atoms with Gasteiger partial charge in [0.2, 0.25) is 5.78 Å². The number of rotatable bonds is 2. The molecule has 1 spiro atoms. The summed E-state index contributed by atoms with van der Waals surface area (Å²) in [5.74, 6) is -5.19. The fourth-order valence-corrected chi connectivity index (χ4v) is 8.83. The molecule has 13 nitrogen and oxygen atoms in total. The highest BCUT2D eigenvalue weighted by Gasteiger charge is 2.54. The summed E-state index contributed by atoms with van der Waals surface area (Å²) >= 11 is 0. The van der Waals surface area contributed by atoms with E-state index in [0.29, 0.717) is 25.9 Å². The molecule has 0 aromatic heterocycles. The fourth-order valence-electron chi connectivity index (χ4n) is 8.83. The summed E-state index contributed by atoms with van der Waals surface area (Å²) in [6, 6.07) is 0. The van der Waals surface area contributed by atoms with Gasteiger partial charge in [0.05, 0.1) is 34.9 Å². The molecule has 0 unspecified atom stereocenters. The number of ether oxygens (including phenoxy) is 3. The van der Waals surface area contributed by atoms with Gasteiger partial charge in [0.25, 0.3) is 11.7 Å². The Bertz CT molecular complexity index is 2040. The van der Waals surface area contributed by atoms with Crippen molar-refractivity contribution in [3.63, 3.8) is 0 Å². The van der Waals surface area contributed by atoms with Crippen LogP contribution in [0.1, 0.15) is 113 Å². The number of carbonyl (C=O) groups excluding carboxylic acids is 4. The van der Waals surface area contributed by atoms with Crippen LogP contribution in [-0.2, 0) is 19.1 Å². The number of likely N-dealkylation sites (tertiary alicyclic amines) is 1. The number of carbonyl (C=O) groups is 4. The van der Waals surface area contributed by atoms with Crippen molar-refractivity contribution in [3.05, 3.63) is 69.8 Å². The second-order valence-electron chi connectivity index (χ2n) is 17.4. The lowest BCUT2D eigenvalue weighted by atomic mass is 9.72. The minimum atomic E-state index is -1.83. The van der Waals surface area contributed by atoms with E-state index in [0.717, 1.165) is 0 Å². The van der Waals surface area contributed by atoms with Gasteiger partial charge in [-0.25, -0.2) is 0 Å². The lowest BCUT2D eigenvalue weighted by Gasteiger charge is -2.38. The molecule has 0 radical (unpaired) electrons. The van der Waals surface area contributed by atoms with Crippen molar-refractivity contribution in [2.75, 3.05) is 20.1 Å². The van der Waals surface area contributed by atoms with E-state index >= 15 is 0 Å². The van der Waals surface area contributed by atoms with Gasteiger partial charge in [-0.15, -0.1) is 0 Å². The van der Waals surface area contributed by atoms with Gasteiger partial charge < -0.3 is 40.0 Å². The number of piperidine rings is 1. The third kappa shape index (κ3) is 7.51. The van der Waals surface area contributed by atoms with Gasteiger partial charge in [-0.3, -0.25) is 24.2 Å². The Labute approximate surface area is 341 Å². The minimum Gasteiger partial charge on any atom is -0.507 e. The molecular formula is C45H60N4O9. The van der Waals surface area contributed by atoms with Crippen molar-refractivity contribution in [3.8, 4) is 11.5 Å². The average molecular weight is 801 g/mol. The van der Waals surface area contributed by atoms with Crippen LogP contribution in [0.3, 0.4) is 0 Å². The van der Waals surface area contributed by atoms with Gasteiger partial charge in [-0.1, -0.05) is 66.7 Å². The van der Waals surface area contributed by atoms with Crippen molar-refractivity contribution < 1.29 is 43.6 Å². The standard InChI is InChI=1S/C45H60N4O9/c1-12-30(50)57-40-23(3)14-13-15-24(4)43(55)46-36-35-34(47-45(48-35)17-19-49(11)20-18-45)31-32(39(36)53)38(52)29(9)41-33(31)42(54)44(10,58-41)56-21-16-22(2)25(5)26(6)27(7)37(51)28(40)8/h13-16,21-23,25-28,37,40,48,51-52H,12,17-20H2,1-11H3,(H,46,55)/b14-13+,21-16+,24-15-/t22-,23-,25+,26+,27-,28-,37-,40-,44-/m0/s1. The summed E-state index contributed by atoms with van der Waals surface area (Å²) in [6.07, 6.45) is 8.37. The van der Waals surface area contributed by atoms with E-state index in [1.54, 1.807) is 32.9 Å². The maximum Gasteiger partial charge on any atom is 0.312 e. The number of hydrogen-bond acceptors (Lipinski definition) is 12. The second-order valence-corrected chi connectivity index (χ2v) is 17.4. The number of fused-ring (bicyclic) bond motifs is 13. The number of amides is 1. The molecule has 1 aromatic rings. The maximum absolute atomic E-state index is 14.6. The molecule has 1 aliphatic carbocycles. The zero-order valence-corrected chi connectivity index (χ0v) is 35.7. The maximum atomic E-state index is 14.6. The Morgan fingerprint density at radius 2 is 1.62 bits per heavy atom. The number of benzene rings is 1. The third-order valence-corrected chi connectivity index (χ3v) is 13.5. The molecule has 1 fully saturated rings. The number of phenolic OH excluding ortho intramolecular Hbond substituents is 1. The Hall–Kier alpha value is -4.75. The Balaban J connectivity index is 1.49. The molecule has 58 heavy (non-hydrogen) atoms. The lowest BCUT2D eigenvalue weighted by molar-refractivity contribution is -0.157. The van der Waals surface area contributed by atoms with Gasteiger partial charge in [0.1, 0.15) is 29.0 Å². The molecule has 4 N–H and O–H groups in total. The summed E-state index contributed by atoms with van der Waals surface area (Å²) in [5.41, 5.74) is 0.207. The summed E-state index contributed by atoms with van der Waals surface area (Å²) in [7, 11) is 2.02. The number of Topliss-reactive ketones (excluding diaryl/α,β-unsaturated/α-hetero) is 2. The number of allylic oxidation sites excluding steroid dienone is 5. The lowest BCUT2D eigenvalue weighted by Crippen LogP contribution is -2.49. The molecule has 1 amide bonds. The molecule has 6 aliphatic rings. The van der Waals surface area contributed by atoms with Crippen molar-refractivity contribution in [2.45, 2.75) is 112 Å². The molecule has 0 saturated carbocycles. The number of aliphatic hydroxyl groups is 1. The predicted molar refractivity (Wildman–Crippen MR) is 219 cm³/mol. The summed E-state index contributed by atoms with van der Waals surface area (Å²) < 4.78 is 18.4. The van der Waals surface area contributed by atoms with Gasteiger partial charge in [0.15, 0.2) is 0 Å². The van der Waals surface area contributed by atoms with Gasteiger partial charge in [-0.2, -0.15) is 0 Å². The number of esters is 1. The first-order valence-corrected chi connectivity index (χ1v) is 20.6. The quantitative estimate of drug-likeness (QED) is 0.263. The monoisotopic (exact) mass is 800 g/mol. The van der Waals surface area contributed by atoms with E-state index in [1.165, 1.54) is 13.2 Å². The van der Waals surface area contributed by atoms with Crippen LogP contribution in [-0.4, -0.2) is 88.1 Å². The molecule has 314 valence electrons.